The first-order chi connectivity index (χ1) is 11.6. The van der Waals surface area contributed by atoms with Gasteiger partial charge in [-0.1, -0.05) is 18.2 Å². The number of amides is 1. The fraction of sp³-hybridized carbons (Fsp3) is 0.316. The van der Waals surface area contributed by atoms with E-state index in [4.69, 9.17) is 9.47 Å². The molecule has 0 radical (unpaired) electrons. The highest BCUT2D eigenvalue weighted by atomic mass is 16.5. The second-order valence-electron chi connectivity index (χ2n) is 5.95. The lowest BCUT2D eigenvalue weighted by Crippen LogP contribution is -2.24. The van der Waals surface area contributed by atoms with Gasteiger partial charge in [0.2, 0.25) is 0 Å². The summed E-state index contributed by atoms with van der Waals surface area (Å²) in [5.41, 5.74) is 2.45. The molecule has 1 heterocycles. The molecule has 5 nitrogen and oxygen atoms in total. The lowest BCUT2D eigenvalue weighted by molar-refractivity contribution is 0.0949. The van der Waals surface area contributed by atoms with Gasteiger partial charge in [0, 0.05) is 24.1 Å². The largest absolute Gasteiger partial charge is 0.508 e. The molecule has 1 aliphatic heterocycles. The van der Waals surface area contributed by atoms with Crippen molar-refractivity contribution in [3.05, 3.63) is 59.2 Å². The summed E-state index contributed by atoms with van der Waals surface area (Å²) < 4.78 is 11.4. The van der Waals surface area contributed by atoms with Gasteiger partial charge in [-0.25, -0.2) is 0 Å². The third-order valence-electron chi connectivity index (χ3n) is 3.95. The molecule has 1 saturated heterocycles. The van der Waals surface area contributed by atoms with E-state index in [-0.39, 0.29) is 17.8 Å². The van der Waals surface area contributed by atoms with Crippen LogP contribution in [0.1, 0.15) is 27.9 Å². The minimum atomic E-state index is -0.235. The highest BCUT2D eigenvalue weighted by molar-refractivity contribution is 5.94. The van der Waals surface area contributed by atoms with Gasteiger partial charge in [-0.2, -0.15) is 0 Å². The molecule has 0 saturated carbocycles. The fourth-order valence-corrected chi connectivity index (χ4v) is 2.63. The number of hydrogen-bond acceptors (Lipinski definition) is 4. The van der Waals surface area contributed by atoms with Gasteiger partial charge in [-0.3, -0.25) is 4.79 Å². The van der Waals surface area contributed by atoms with Gasteiger partial charge < -0.3 is 19.9 Å². The van der Waals surface area contributed by atoms with Gasteiger partial charge in [0.15, 0.2) is 0 Å². The topological polar surface area (TPSA) is 67.8 Å². The molecule has 1 fully saturated rings. The monoisotopic (exact) mass is 327 g/mol. The highest BCUT2D eigenvalue weighted by Gasteiger charge is 2.19. The van der Waals surface area contributed by atoms with Crippen molar-refractivity contribution in [2.75, 3.05) is 13.2 Å². The van der Waals surface area contributed by atoms with E-state index < -0.39 is 0 Å². The van der Waals surface area contributed by atoms with Gasteiger partial charge in [0.25, 0.3) is 5.91 Å². The Hall–Kier alpha value is -2.53. The van der Waals surface area contributed by atoms with E-state index in [1.165, 1.54) is 12.1 Å². The molecule has 1 amide bonds. The number of nitrogens with one attached hydrogen (secondary N) is 1. The van der Waals surface area contributed by atoms with E-state index in [0.29, 0.717) is 18.7 Å². The lowest BCUT2D eigenvalue weighted by atomic mass is 10.1. The van der Waals surface area contributed by atoms with Crippen LogP contribution in [0.25, 0.3) is 0 Å². The summed E-state index contributed by atoms with van der Waals surface area (Å²) in [6.07, 6.45) is 0.940. The SMILES string of the molecule is Cc1ccc(CNC(=O)c2cccc(O)c2)c(O[C@H]2CCOC2)c1. The summed E-state index contributed by atoms with van der Waals surface area (Å²) in [5.74, 6) is 0.617. The number of aryl methyl sites for hydroxylation is 1. The third kappa shape index (κ3) is 4.06. The van der Waals surface area contributed by atoms with Gasteiger partial charge in [-0.05, 0) is 36.8 Å². The van der Waals surface area contributed by atoms with E-state index >= 15 is 0 Å². The normalized spacial score (nSPS) is 16.8. The summed E-state index contributed by atoms with van der Waals surface area (Å²) >= 11 is 0. The van der Waals surface area contributed by atoms with Gasteiger partial charge >= 0.3 is 0 Å². The standard InChI is InChI=1S/C19H21NO4/c1-13-5-6-15(18(9-13)24-17-7-8-23-12-17)11-20-19(22)14-3-2-4-16(21)10-14/h2-6,9-10,17,21H,7-8,11-12H2,1H3,(H,20,22)/t17-/m0/s1. The van der Waals surface area contributed by atoms with E-state index in [1.54, 1.807) is 12.1 Å². The average Bonchev–Trinajstić information content (AvgIpc) is 3.07. The number of carbonyl (C=O) groups is 1. The second kappa shape index (κ2) is 7.36. The molecule has 1 aliphatic rings. The molecule has 126 valence electrons. The molecule has 2 aromatic carbocycles. The molecular formula is C19H21NO4. The second-order valence-corrected chi connectivity index (χ2v) is 5.95. The van der Waals surface area contributed by atoms with Crippen LogP contribution >= 0.6 is 0 Å². The van der Waals surface area contributed by atoms with Crippen LogP contribution < -0.4 is 10.1 Å². The smallest absolute Gasteiger partial charge is 0.251 e. The maximum Gasteiger partial charge on any atom is 0.251 e. The molecule has 3 rings (SSSR count). The Morgan fingerprint density at radius 2 is 2.21 bits per heavy atom. The van der Waals surface area contributed by atoms with E-state index in [2.05, 4.69) is 5.32 Å². The predicted octanol–water partition coefficient (Wildman–Crippen LogP) is 2.80. The van der Waals surface area contributed by atoms with Crippen LogP contribution in [0.4, 0.5) is 0 Å². The first-order valence-corrected chi connectivity index (χ1v) is 8.03. The number of ether oxygens (including phenoxy) is 2. The van der Waals surface area contributed by atoms with Crippen molar-refractivity contribution in [3.8, 4) is 11.5 Å². The number of carbonyl (C=O) groups excluding carboxylic acids is 1. The third-order valence-corrected chi connectivity index (χ3v) is 3.95. The van der Waals surface area contributed by atoms with Crippen LogP contribution in [-0.2, 0) is 11.3 Å². The number of benzene rings is 2. The summed E-state index contributed by atoms with van der Waals surface area (Å²) in [6.45, 7) is 3.69. The molecular weight excluding hydrogens is 306 g/mol. The van der Waals surface area contributed by atoms with Crippen LogP contribution in [-0.4, -0.2) is 30.3 Å². The van der Waals surface area contributed by atoms with Crippen molar-refractivity contribution in [1.82, 2.24) is 5.32 Å². The van der Waals surface area contributed by atoms with Crippen molar-refractivity contribution in [3.63, 3.8) is 0 Å². The fourth-order valence-electron chi connectivity index (χ4n) is 2.63. The predicted molar refractivity (Wildman–Crippen MR) is 90.3 cm³/mol. The van der Waals surface area contributed by atoms with Crippen molar-refractivity contribution in [2.24, 2.45) is 0 Å². The summed E-state index contributed by atoms with van der Waals surface area (Å²) in [6, 6.07) is 12.2. The molecule has 0 spiro atoms. The zero-order valence-corrected chi connectivity index (χ0v) is 13.6. The first kappa shape index (κ1) is 16.3. The van der Waals surface area contributed by atoms with E-state index in [0.717, 1.165) is 29.9 Å². The molecule has 0 bridgehead atoms. The Morgan fingerprint density at radius 1 is 1.33 bits per heavy atom. The van der Waals surface area contributed by atoms with Crippen molar-refractivity contribution < 1.29 is 19.4 Å². The Labute approximate surface area is 141 Å². The number of phenolic OH excluding ortho intramolecular Hbond substituents is 1. The molecule has 0 aliphatic carbocycles. The zero-order valence-electron chi connectivity index (χ0n) is 13.6. The molecule has 0 unspecified atom stereocenters. The quantitative estimate of drug-likeness (QED) is 0.886. The zero-order chi connectivity index (χ0) is 16.9. The molecule has 0 aromatic heterocycles. The summed E-state index contributed by atoms with van der Waals surface area (Å²) in [4.78, 5) is 12.2. The maximum atomic E-state index is 12.2. The Bertz CT molecular complexity index is 723. The van der Waals surface area contributed by atoms with Crippen molar-refractivity contribution >= 4 is 5.91 Å². The summed E-state index contributed by atoms with van der Waals surface area (Å²) in [7, 11) is 0. The van der Waals surface area contributed by atoms with Crippen LogP contribution in [0.5, 0.6) is 11.5 Å². The Morgan fingerprint density at radius 3 is 2.96 bits per heavy atom. The van der Waals surface area contributed by atoms with Gasteiger partial charge in [0.05, 0.1) is 13.2 Å². The Balaban J connectivity index is 1.68. The summed E-state index contributed by atoms with van der Waals surface area (Å²) in [5, 5.41) is 12.3. The van der Waals surface area contributed by atoms with Gasteiger partial charge in [0.1, 0.15) is 17.6 Å². The number of phenols is 1. The lowest BCUT2D eigenvalue weighted by Gasteiger charge is -2.17. The van der Waals surface area contributed by atoms with E-state index in [9.17, 15) is 9.90 Å². The molecule has 2 N–H and O–H groups in total. The van der Waals surface area contributed by atoms with Crippen LogP contribution in [0.3, 0.4) is 0 Å². The number of rotatable bonds is 5. The number of hydrogen-bond donors (Lipinski definition) is 2. The molecule has 2 aromatic rings. The molecule has 1 atom stereocenters. The van der Waals surface area contributed by atoms with Crippen LogP contribution in [0.15, 0.2) is 42.5 Å². The minimum absolute atomic E-state index is 0.0623. The molecule has 24 heavy (non-hydrogen) atoms. The van der Waals surface area contributed by atoms with Crippen LogP contribution in [0, 0.1) is 6.92 Å². The van der Waals surface area contributed by atoms with Gasteiger partial charge in [-0.15, -0.1) is 0 Å². The maximum absolute atomic E-state index is 12.2. The minimum Gasteiger partial charge on any atom is -0.508 e. The van der Waals surface area contributed by atoms with Crippen LogP contribution in [0.2, 0.25) is 0 Å². The van der Waals surface area contributed by atoms with Crippen molar-refractivity contribution in [2.45, 2.75) is 26.0 Å². The average molecular weight is 327 g/mol. The first-order valence-electron chi connectivity index (χ1n) is 8.03. The molecule has 5 heteroatoms. The highest BCUT2D eigenvalue weighted by Crippen LogP contribution is 2.24. The number of aromatic hydroxyl groups is 1. The Kier molecular flexibility index (Phi) is 5.01. The van der Waals surface area contributed by atoms with Crippen molar-refractivity contribution in [1.29, 1.82) is 0 Å². The van der Waals surface area contributed by atoms with E-state index in [1.807, 2.05) is 25.1 Å².